The van der Waals surface area contributed by atoms with Gasteiger partial charge in [0, 0.05) is 19.2 Å². The van der Waals surface area contributed by atoms with E-state index >= 15 is 0 Å². The predicted octanol–water partition coefficient (Wildman–Crippen LogP) is 0.921. The van der Waals surface area contributed by atoms with Crippen LogP contribution in [0.3, 0.4) is 0 Å². The minimum absolute atomic E-state index is 0.660. The van der Waals surface area contributed by atoms with E-state index in [-0.39, 0.29) is 0 Å². The number of hydrogen-bond acceptors (Lipinski definition) is 3. The molecule has 0 aliphatic carbocycles. The number of rotatable bonds is 0. The van der Waals surface area contributed by atoms with Gasteiger partial charge >= 0.3 is 0 Å². The molecule has 1 rings (SSSR count). The molecule has 0 aromatic heterocycles. The number of hydrogen-bond donors (Lipinski definition) is 1. The molecule has 10 heavy (non-hydrogen) atoms. The molecule has 3 nitrogen and oxygen atoms in total. The van der Waals surface area contributed by atoms with Crippen LogP contribution in [0.1, 0.15) is 12.8 Å². The van der Waals surface area contributed by atoms with Crippen molar-refractivity contribution in [3.05, 3.63) is 11.6 Å². The van der Waals surface area contributed by atoms with E-state index in [2.05, 4.69) is 0 Å². The molecule has 1 saturated heterocycles. The molecule has 0 radical (unpaired) electrons. The monoisotopic (exact) mass is 138 g/mol. The molecule has 0 unspecified atom stereocenters. The van der Waals surface area contributed by atoms with Crippen LogP contribution in [0, 0.1) is 11.3 Å². The summed E-state index contributed by atoms with van der Waals surface area (Å²) in [5.74, 6) is 0. The quantitative estimate of drug-likeness (QED) is 0.506. The smallest absolute Gasteiger partial charge is 0.0911 e. The Balaban J connectivity index is 2.42. The molecule has 1 aliphatic rings. The minimum atomic E-state index is 0.660. The second-order valence-corrected chi connectivity index (χ2v) is 2.39. The molecule has 1 aliphatic heterocycles. The summed E-state index contributed by atoms with van der Waals surface area (Å²) in [4.78, 5) is 0. The van der Waals surface area contributed by atoms with Crippen LogP contribution >= 0.6 is 0 Å². The van der Waals surface area contributed by atoms with Crippen molar-refractivity contribution in [2.75, 3.05) is 13.1 Å². The van der Waals surface area contributed by atoms with Crippen molar-refractivity contribution in [3.8, 4) is 6.07 Å². The molecule has 0 atom stereocenters. The van der Waals surface area contributed by atoms with E-state index in [9.17, 15) is 0 Å². The summed E-state index contributed by atoms with van der Waals surface area (Å²) in [5, 5.41) is 18.5. The summed E-state index contributed by atoms with van der Waals surface area (Å²) < 4.78 is 0. The second-order valence-electron chi connectivity index (χ2n) is 2.39. The van der Waals surface area contributed by atoms with Crippen molar-refractivity contribution in [1.82, 2.24) is 5.06 Å². The Morgan fingerprint density at radius 1 is 1.50 bits per heavy atom. The molecule has 1 heterocycles. The van der Waals surface area contributed by atoms with Crippen LogP contribution in [0.15, 0.2) is 11.6 Å². The summed E-state index contributed by atoms with van der Waals surface area (Å²) in [6.45, 7) is 1.32. The molecular weight excluding hydrogens is 128 g/mol. The van der Waals surface area contributed by atoms with Crippen molar-refractivity contribution >= 4 is 0 Å². The Morgan fingerprint density at radius 3 is 2.60 bits per heavy atom. The summed E-state index contributed by atoms with van der Waals surface area (Å²) >= 11 is 0. The first-order valence-electron chi connectivity index (χ1n) is 3.34. The molecule has 0 aromatic rings. The van der Waals surface area contributed by atoms with Gasteiger partial charge < -0.3 is 5.21 Å². The summed E-state index contributed by atoms with van der Waals surface area (Å²) in [7, 11) is 0. The predicted molar refractivity (Wildman–Crippen MR) is 36.3 cm³/mol. The minimum Gasteiger partial charge on any atom is -0.314 e. The lowest BCUT2D eigenvalue weighted by Crippen LogP contribution is -2.26. The van der Waals surface area contributed by atoms with Crippen LogP contribution in [0.2, 0.25) is 0 Å². The average Bonchev–Trinajstić information content (AvgIpc) is 1.95. The lowest BCUT2D eigenvalue weighted by Gasteiger charge is -2.21. The van der Waals surface area contributed by atoms with Gasteiger partial charge in [-0.1, -0.05) is 5.57 Å². The SMILES string of the molecule is N#CC=C1CCN(O)CC1. The van der Waals surface area contributed by atoms with E-state index in [4.69, 9.17) is 10.5 Å². The van der Waals surface area contributed by atoms with Crippen LogP contribution < -0.4 is 0 Å². The van der Waals surface area contributed by atoms with Gasteiger partial charge in [0.2, 0.25) is 0 Å². The first-order valence-corrected chi connectivity index (χ1v) is 3.34. The Labute approximate surface area is 60.1 Å². The zero-order chi connectivity index (χ0) is 7.40. The molecule has 1 N–H and O–H groups in total. The second kappa shape index (κ2) is 3.35. The van der Waals surface area contributed by atoms with Gasteiger partial charge in [-0.15, -0.1) is 0 Å². The standard InChI is InChI=1S/C7H10N2O/c8-4-1-7-2-5-9(10)6-3-7/h1,10H,2-3,5-6H2. The molecule has 0 amide bonds. The fraction of sp³-hybridized carbons (Fsp3) is 0.571. The third-order valence-electron chi connectivity index (χ3n) is 1.65. The molecule has 3 heteroatoms. The van der Waals surface area contributed by atoms with Crippen LogP contribution in [-0.2, 0) is 0 Å². The number of nitriles is 1. The van der Waals surface area contributed by atoms with Crippen molar-refractivity contribution in [2.45, 2.75) is 12.8 Å². The first-order chi connectivity index (χ1) is 4.83. The van der Waals surface area contributed by atoms with Gasteiger partial charge in [0.25, 0.3) is 0 Å². The van der Waals surface area contributed by atoms with E-state index in [0.29, 0.717) is 13.1 Å². The number of piperidine rings is 1. The van der Waals surface area contributed by atoms with Crippen molar-refractivity contribution in [1.29, 1.82) is 5.26 Å². The lowest BCUT2D eigenvalue weighted by atomic mass is 10.1. The van der Waals surface area contributed by atoms with Gasteiger partial charge in [0.1, 0.15) is 0 Å². The topological polar surface area (TPSA) is 47.3 Å². The van der Waals surface area contributed by atoms with Crippen LogP contribution in [0.4, 0.5) is 0 Å². The summed E-state index contributed by atoms with van der Waals surface area (Å²) in [6, 6.07) is 1.99. The van der Waals surface area contributed by atoms with Crippen molar-refractivity contribution in [3.63, 3.8) is 0 Å². The molecule has 0 bridgehead atoms. The normalized spacial score (nSPS) is 20.2. The highest BCUT2D eigenvalue weighted by Crippen LogP contribution is 2.13. The molecule has 0 spiro atoms. The van der Waals surface area contributed by atoms with E-state index in [0.717, 1.165) is 18.4 Å². The van der Waals surface area contributed by atoms with E-state index in [1.165, 1.54) is 5.06 Å². The summed E-state index contributed by atoms with van der Waals surface area (Å²) in [5.41, 5.74) is 1.15. The van der Waals surface area contributed by atoms with Crippen LogP contribution in [-0.4, -0.2) is 23.4 Å². The van der Waals surface area contributed by atoms with Gasteiger partial charge in [-0.25, -0.2) is 0 Å². The Bertz CT molecular complexity index is 171. The van der Waals surface area contributed by atoms with Gasteiger partial charge in [-0.2, -0.15) is 10.3 Å². The fourth-order valence-corrected chi connectivity index (χ4v) is 1.02. The van der Waals surface area contributed by atoms with Gasteiger partial charge in [0.05, 0.1) is 6.07 Å². The maximum Gasteiger partial charge on any atom is 0.0911 e. The molecule has 0 aromatic carbocycles. The molecule has 54 valence electrons. The Kier molecular flexibility index (Phi) is 2.43. The van der Waals surface area contributed by atoms with Gasteiger partial charge in [0.15, 0.2) is 0 Å². The highest BCUT2D eigenvalue weighted by molar-refractivity contribution is 5.14. The van der Waals surface area contributed by atoms with Crippen molar-refractivity contribution in [2.24, 2.45) is 0 Å². The number of nitrogens with zero attached hydrogens (tertiary/aromatic N) is 2. The van der Waals surface area contributed by atoms with E-state index in [1.54, 1.807) is 6.08 Å². The fourth-order valence-electron chi connectivity index (χ4n) is 1.02. The third kappa shape index (κ3) is 1.83. The molecular formula is C7H10N2O. The Hall–Kier alpha value is -0.850. The Morgan fingerprint density at radius 2 is 2.10 bits per heavy atom. The number of allylic oxidation sites excluding steroid dienone is 1. The maximum absolute atomic E-state index is 8.92. The zero-order valence-corrected chi connectivity index (χ0v) is 5.75. The van der Waals surface area contributed by atoms with E-state index < -0.39 is 0 Å². The first kappa shape index (κ1) is 7.26. The highest BCUT2D eigenvalue weighted by atomic mass is 16.5. The third-order valence-corrected chi connectivity index (χ3v) is 1.65. The van der Waals surface area contributed by atoms with Crippen molar-refractivity contribution < 1.29 is 5.21 Å². The zero-order valence-electron chi connectivity index (χ0n) is 5.75. The van der Waals surface area contributed by atoms with Crippen LogP contribution in [0.5, 0.6) is 0 Å². The number of hydroxylamine groups is 2. The average molecular weight is 138 g/mol. The lowest BCUT2D eigenvalue weighted by molar-refractivity contribution is -0.0959. The van der Waals surface area contributed by atoms with Crippen LogP contribution in [0.25, 0.3) is 0 Å². The van der Waals surface area contributed by atoms with E-state index in [1.807, 2.05) is 6.07 Å². The van der Waals surface area contributed by atoms with Gasteiger partial charge in [-0.05, 0) is 12.8 Å². The maximum atomic E-state index is 8.92. The van der Waals surface area contributed by atoms with Gasteiger partial charge in [-0.3, -0.25) is 0 Å². The summed E-state index contributed by atoms with van der Waals surface area (Å²) in [6.07, 6.45) is 3.22. The molecule has 0 saturated carbocycles. The highest BCUT2D eigenvalue weighted by Gasteiger charge is 2.10. The largest absolute Gasteiger partial charge is 0.314 e. The molecule has 1 fully saturated rings.